The molecule has 0 aliphatic heterocycles. The molecule has 0 unspecified atom stereocenters. The van der Waals surface area contributed by atoms with Crippen molar-refractivity contribution in [3.05, 3.63) is 34.1 Å². The predicted octanol–water partition coefficient (Wildman–Crippen LogP) is 2.27. The average Bonchev–Trinajstić information content (AvgIpc) is 2.26. The van der Waals surface area contributed by atoms with Gasteiger partial charge in [-0.05, 0) is 41.1 Å². The minimum absolute atomic E-state index is 0.194. The van der Waals surface area contributed by atoms with Crippen LogP contribution in [-0.2, 0) is 9.53 Å². The van der Waals surface area contributed by atoms with E-state index in [-0.39, 0.29) is 18.0 Å². The van der Waals surface area contributed by atoms with Crippen molar-refractivity contribution >= 4 is 27.8 Å². The molecule has 0 aromatic heterocycles. The van der Waals surface area contributed by atoms with Gasteiger partial charge < -0.3 is 10.1 Å². The molecule has 1 aromatic rings. The molecule has 0 aliphatic rings. The first-order chi connectivity index (χ1) is 8.40. The van der Waals surface area contributed by atoms with Gasteiger partial charge in [0.25, 0.3) is 0 Å². The Kier molecular flexibility index (Phi) is 5.27. The van der Waals surface area contributed by atoms with Crippen LogP contribution in [0, 0.1) is 5.82 Å². The first-order valence-corrected chi connectivity index (χ1v) is 6.10. The molecule has 0 bridgehead atoms. The highest BCUT2D eigenvalue weighted by atomic mass is 79.9. The summed E-state index contributed by atoms with van der Waals surface area (Å²) >= 11 is 3.09. The first-order valence-electron chi connectivity index (χ1n) is 5.30. The van der Waals surface area contributed by atoms with E-state index in [0.29, 0.717) is 4.47 Å². The number of hydrogen-bond acceptors (Lipinski definition) is 3. The van der Waals surface area contributed by atoms with E-state index in [1.54, 1.807) is 6.92 Å². The van der Waals surface area contributed by atoms with Gasteiger partial charge in [0.1, 0.15) is 11.9 Å². The van der Waals surface area contributed by atoms with Crippen LogP contribution in [0.2, 0.25) is 0 Å². The summed E-state index contributed by atoms with van der Waals surface area (Å²) in [6, 6.07) is 3.71. The summed E-state index contributed by atoms with van der Waals surface area (Å²) < 4.78 is 18.3. The molecule has 0 fully saturated rings. The fourth-order valence-corrected chi connectivity index (χ4v) is 1.74. The molecule has 1 atom stereocenters. The highest BCUT2D eigenvalue weighted by Gasteiger charge is 2.15. The largest absolute Gasteiger partial charge is 0.457 e. The summed E-state index contributed by atoms with van der Waals surface area (Å²) in [6.07, 6.45) is -0.460. The maximum absolute atomic E-state index is 12.9. The van der Waals surface area contributed by atoms with Crippen LogP contribution in [0.25, 0.3) is 0 Å². The normalized spacial score (nSPS) is 11.8. The number of carbonyl (C=O) groups is 2. The van der Waals surface area contributed by atoms with Gasteiger partial charge in [0, 0.05) is 11.4 Å². The topological polar surface area (TPSA) is 55.4 Å². The Bertz CT molecular complexity index is 465. The first kappa shape index (κ1) is 14.6. The third-order valence-corrected chi connectivity index (χ3v) is 2.75. The van der Waals surface area contributed by atoms with Crippen LogP contribution < -0.4 is 5.32 Å². The molecule has 0 saturated heterocycles. The molecule has 0 heterocycles. The Morgan fingerprint density at radius 1 is 1.50 bits per heavy atom. The summed E-state index contributed by atoms with van der Waals surface area (Å²) in [5.74, 6) is -1.20. The summed E-state index contributed by atoms with van der Waals surface area (Å²) in [4.78, 5) is 22.4. The number of rotatable bonds is 4. The van der Waals surface area contributed by atoms with Crippen LogP contribution in [0.5, 0.6) is 0 Å². The fraction of sp³-hybridized carbons (Fsp3) is 0.333. The summed E-state index contributed by atoms with van der Waals surface area (Å²) in [6.45, 7) is 3.27. The standard InChI is InChI=1S/C12H13BrFNO3/c1-7(6-15-8(2)16)18-12(17)10-4-3-9(14)5-11(10)13/h3-5,7H,6H2,1-2H3,(H,15,16)/t7-/m1/s1. The fourth-order valence-electron chi connectivity index (χ4n) is 1.23. The molecular weight excluding hydrogens is 305 g/mol. The van der Waals surface area contributed by atoms with Gasteiger partial charge in [0.15, 0.2) is 0 Å². The Hall–Kier alpha value is -1.43. The van der Waals surface area contributed by atoms with E-state index < -0.39 is 17.9 Å². The zero-order valence-corrected chi connectivity index (χ0v) is 11.6. The lowest BCUT2D eigenvalue weighted by Crippen LogP contribution is -2.31. The molecule has 4 nitrogen and oxygen atoms in total. The molecule has 1 aromatic carbocycles. The number of amides is 1. The van der Waals surface area contributed by atoms with Crippen molar-refractivity contribution in [2.75, 3.05) is 6.54 Å². The van der Waals surface area contributed by atoms with Gasteiger partial charge >= 0.3 is 5.97 Å². The maximum Gasteiger partial charge on any atom is 0.339 e. The van der Waals surface area contributed by atoms with Crippen molar-refractivity contribution in [2.45, 2.75) is 20.0 Å². The van der Waals surface area contributed by atoms with Gasteiger partial charge in [0.05, 0.1) is 12.1 Å². The highest BCUT2D eigenvalue weighted by molar-refractivity contribution is 9.10. The van der Waals surface area contributed by atoms with Crippen molar-refractivity contribution in [2.24, 2.45) is 0 Å². The third kappa shape index (κ3) is 4.44. The zero-order valence-electron chi connectivity index (χ0n) is 10.00. The van der Waals surface area contributed by atoms with Gasteiger partial charge in [0.2, 0.25) is 5.91 Å². The van der Waals surface area contributed by atoms with Gasteiger partial charge in [-0.2, -0.15) is 0 Å². The van der Waals surface area contributed by atoms with Crippen LogP contribution in [0.4, 0.5) is 4.39 Å². The van der Waals surface area contributed by atoms with Crippen molar-refractivity contribution in [3.8, 4) is 0 Å². The van der Waals surface area contributed by atoms with E-state index >= 15 is 0 Å². The van der Waals surface area contributed by atoms with E-state index in [9.17, 15) is 14.0 Å². The number of esters is 1. The molecule has 1 rings (SSSR count). The smallest absolute Gasteiger partial charge is 0.339 e. The van der Waals surface area contributed by atoms with Gasteiger partial charge in [-0.25, -0.2) is 9.18 Å². The molecule has 1 N–H and O–H groups in total. The lowest BCUT2D eigenvalue weighted by atomic mass is 10.2. The van der Waals surface area contributed by atoms with Crippen LogP contribution in [0.3, 0.4) is 0 Å². The van der Waals surface area contributed by atoms with Crippen LogP contribution in [0.1, 0.15) is 24.2 Å². The minimum Gasteiger partial charge on any atom is -0.457 e. The third-order valence-electron chi connectivity index (χ3n) is 2.10. The Balaban J connectivity index is 2.62. The van der Waals surface area contributed by atoms with Gasteiger partial charge in [-0.3, -0.25) is 4.79 Å². The lowest BCUT2D eigenvalue weighted by Gasteiger charge is -2.14. The molecule has 0 aliphatic carbocycles. The second-order valence-electron chi connectivity index (χ2n) is 3.78. The molecular formula is C12H13BrFNO3. The van der Waals surface area contributed by atoms with Gasteiger partial charge in [-0.1, -0.05) is 0 Å². The monoisotopic (exact) mass is 317 g/mol. The van der Waals surface area contributed by atoms with Crippen LogP contribution >= 0.6 is 15.9 Å². The van der Waals surface area contributed by atoms with Crippen molar-refractivity contribution in [1.29, 1.82) is 0 Å². The number of halogens is 2. The predicted molar refractivity (Wildman–Crippen MR) is 67.7 cm³/mol. The quantitative estimate of drug-likeness (QED) is 0.867. The Morgan fingerprint density at radius 2 is 2.17 bits per heavy atom. The van der Waals surface area contributed by atoms with Crippen LogP contribution in [0.15, 0.2) is 22.7 Å². The molecule has 6 heteroatoms. The average molecular weight is 318 g/mol. The molecule has 0 saturated carbocycles. The van der Waals surface area contributed by atoms with Crippen LogP contribution in [-0.4, -0.2) is 24.5 Å². The maximum atomic E-state index is 12.9. The zero-order chi connectivity index (χ0) is 13.7. The van der Waals surface area contributed by atoms with Crippen molar-refractivity contribution < 1.29 is 18.7 Å². The molecule has 0 radical (unpaired) electrons. The molecule has 98 valence electrons. The Morgan fingerprint density at radius 3 is 2.72 bits per heavy atom. The SMILES string of the molecule is CC(=O)NC[C@@H](C)OC(=O)c1ccc(F)cc1Br. The molecule has 18 heavy (non-hydrogen) atoms. The Labute approximate surface area is 113 Å². The summed E-state index contributed by atoms with van der Waals surface area (Å²) in [7, 11) is 0. The molecule has 0 spiro atoms. The van der Waals surface area contributed by atoms with Gasteiger partial charge in [-0.15, -0.1) is 0 Å². The van der Waals surface area contributed by atoms with E-state index in [4.69, 9.17) is 4.74 Å². The van der Waals surface area contributed by atoms with Crippen molar-refractivity contribution in [3.63, 3.8) is 0 Å². The minimum atomic E-state index is -0.570. The highest BCUT2D eigenvalue weighted by Crippen LogP contribution is 2.19. The summed E-state index contributed by atoms with van der Waals surface area (Å²) in [5, 5.41) is 2.54. The number of benzene rings is 1. The number of nitrogens with one attached hydrogen (secondary N) is 1. The second kappa shape index (κ2) is 6.49. The second-order valence-corrected chi connectivity index (χ2v) is 4.63. The lowest BCUT2D eigenvalue weighted by molar-refractivity contribution is -0.119. The van der Waals surface area contributed by atoms with E-state index in [0.717, 1.165) is 0 Å². The van der Waals surface area contributed by atoms with Crippen molar-refractivity contribution in [1.82, 2.24) is 5.32 Å². The number of hydrogen-bond donors (Lipinski definition) is 1. The summed E-state index contributed by atoms with van der Waals surface area (Å²) in [5.41, 5.74) is 0.242. The van der Waals surface area contributed by atoms with E-state index in [2.05, 4.69) is 21.2 Å². The number of ether oxygens (including phenoxy) is 1. The molecule has 1 amide bonds. The van der Waals surface area contributed by atoms with E-state index in [1.165, 1.54) is 25.1 Å². The number of carbonyl (C=O) groups excluding carboxylic acids is 2. The van der Waals surface area contributed by atoms with E-state index in [1.807, 2.05) is 0 Å².